The first-order chi connectivity index (χ1) is 10.7. The van der Waals surface area contributed by atoms with Crippen molar-refractivity contribution in [2.45, 2.75) is 13.0 Å². The molecule has 1 N–H and O–H groups in total. The van der Waals surface area contributed by atoms with Crippen LogP contribution in [-0.2, 0) is 0 Å². The van der Waals surface area contributed by atoms with Crippen molar-refractivity contribution in [2.24, 2.45) is 0 Å². The normalized spacial score (nSPS) is 11.5. The number of benzene rings is 1. The van der Waals surface area contributed by atoms with Crippen molar-refractivity contribution in [1.29, 1.82) is 0 Å². The molecular weight excluding hydrogens is 298 g/mol. The summed E-state index contributed by atoms with van der Waals surface area (Å²) in [5.74, 6) is 0.970. The Morgan fingerprint density at radius 1 is 1.41 bits per heavy atom. The molecule has 0 aliphatic rings. The molecule has 1 aromatic heterocycles. The van der Waals surface area contributed by atoms with Gasteiger partial charge in [0.05, 0.1) is 13.2 Å². The Kier molecular flexibility index (Phi) is 5.61. The molecule has 0 spiro atoms. The second kappa shape index (κ2) is 7.66. The third-order valence-electron chi connectivity index (χ3n) is 3.10. The van der Waals surface area contributed by atoms with Crippen LogP contribution in [0.15, 0.2) is 48.4 Å². The molecule has 0 aliphatic heterocycles. The minimum Gasteiger partial charge on any atom is -0.493 e. The molecule has 0 fully saturated rings. The van der Waals surface area contributed by atoms with Crippen molar-refractivity contribution < 1.29 is 14.3 Å². The Morgan fingerprint density at radius 3 is 2.86 bits per heavy atom. The fraction of sp³-hybridized carbons (Fsp3) is 0.235. The molecule has 0 saturated carbocycles. The fourth-order valence-electron chi connectivity index (χ4n) is 1.97. The molecule has 4 nitrogen and oxygen atoms in total. The van der Waals surface area contributed by atoms with Crippen LogP contribution in [0.4, 0.5) is 0 Å². The summed E-state index contributed by atoms with van der Waals surface area (Å²) in [4.78, 5) is 13.4. The van der Waals surface area contributed by atoms with Gasteiger partial charge in [-0.2, -0.15) is 0 Å². The fourth-order valence-corrected chi connectivity index (χ4v) is 2.70. The summed E-state index contributed by atoms with van der Waals surface area (Å²) < 4.78 is 10.8. The van der Waals surface area contributed by atoms with Gasteiger partial charge in [-0.3, -0.25) is 4.79 Å². The van der Waals surface area contributed by atoms with Crippen LogP contribution in [-0.4, -0.2) is 19.6 Å². The molecule has 22 heavy (non-hydrogen) atoms. The first-order valence-corrected chi connectivity index (χ1v) is 7.79. The highest BCUT2D eigenvalue weighted by atomic mass is 32.1. The molecule has 1 heterocycles. The smallest absolute Gasteiger partial charge is 0.251 e. The Bertz CT molecular complexity index is 637. The number of nitrogens with one attached hydrogen (secondary N) is 1. The molecule has 0 radical (unpaired) electrons. The Hall–Kier alpha value is -2.27. The summed E-state index contributed by atoms with van der Waals surface area (Å²) in [6, 6.07) is 9.06. The predicted octanol–water partition coefficient (Wildman–Crippen LogP) is 3.81. The third kappa shape index (κ3) is 3.89. The van der Waals surface area contributed by atoms with Crippen LogP contribution in [0, 0.1) is 0 Å². The second-order valence-corrected chi connectivity index (χ2v) is 5.66. The van der Waals surface area contributed by atoms with Gasteiger partial charge in [0.1, 0.15) is 6.61 Å². The number of rotatable bonds is 7. The van der Waals surface area contributed by atoms with Crippen LogP contribution in [0.25, 0.3) is 0 Å². The van der Waals surface area contributed by atoms with Gasteiger partial charge in [0, 0.05) is 10.4 Å². The zero-order chi connectivity index (χ0) is 15.9. The highest BCUT2D eigenvalue weighted by Gasteiger charge is 2.14. The lowest BCUT2D eigenvalue weighted by Gasteiger charge is -2.14. The Labute approximate surface area is 134 Å². The van der Waals surface area contributed by atoms with E-state index in [2.05, 4.69) is 11.9 Å². The largest absolute Gasteiger partial charge is 0.493 e. The molecule has 0 aliphatic carbocycles. The van der Waals surface area contributed by atoms with Gasteiger partial charge in [-0.15, -0.1) is 11.3 Å². The highest BCUT2D eigenvalue weighted by molar-refractivity contribution is 7.10. The van der Waals surface area contributed by atoms with Crippen molar-refractivity contribution in [3.05, 3.63) is 58.8 Å². The number of ether oxygens (including phenoxy) is 2. The van der Waals surface area contributed by atoms with Crippen LogP contribution in [0.1, 0.15) is 28.2 Å². The number of thiophene rings is 1. The number of methoxy groups -OCH3 is 1. The van der Waals surface area contributed by atoms with Crippen molar-refractivity contribution >= 4 is 17.2 Å². The van der Waals surface area contributed by atoms with Gasteiger partial charge in [-0.1, -0.05) is 18.7 Å². The average Bonchev–Trinajstić information content (AvgIpc) is 3.07. The van der Waals surface area contributed by atoms with E-state index < -0.39 is 0 Å². The number of hydrogen-bond acceptors (Lipinski definition) is 4. The minimum atomic E-state index is -0.144. The van der Waals surface area contributed by atoms with Crippen LogP contribution in [0.2, 0.25) is 0 Å². The molecule has 0 saturated heterocycles. The zero-order valence-electron chi connectivity index (χ0n) is 12.7. The maximum atomic E-state index is 12.3. The summed E-state index contributed by atoms with van der Waals surface area (Å²) in [7, 11) is 1.55. The summed E-state index contributed by atoms with van der Waals surface area (Å²) in [5.41, 5.74) is 0.534. The number of amides is 1. The lowest BCUT2D eigenvalue weighted by molar-refractivity contribution is 0.0940. The summed E-state index contributed by atoms with van der Waals surface area (Å²) in [5, 5.41) is 4.96. The van der Waals surface area contributed by atoms with Crippen molar-refractivity contribution in [3.8, 4) is 11.5 Å². The van der Waals surface area contributed by atoms with Gasteiger partial charge >= 0.3 is 0 Å². The highest BCUT2D eigenvalue weighted by Crippen LogP contribution is 2.28. The first-order valence-electron chi connectivity index (χ1n) is 6.91. The maximum Gasteiger partial charge on any atom is 0.251 e. The molecule has 5 heteroatoms. The lowest BCUT2D eigenvalue weighted by Crippen LogP contribution is -2.26. The first kappa shape index (κ1) is 16.1. The molecule has 0 unspecified atom stereocenters. The third-order valence-corrected chi connectivity index (χ3v) is 4.16. The van der Waals surface area contributed by atoms with Crippen LogP contribution in [0.5, 0.6) is 11.5 Å². The topological polar surface area (TPSA) is 47.6 Å². The zero-order valence-corrected chi connectivity index (χ0v) is 13.5. The molecule has 2 rings (SSSR count). The van der Waals surface area contributed by atoms with Crippen LogP contribution < -0.4 is 14.8 Å². The molecule has 0 bridgehead atoms. The van der Waals surface area contributed by atoms with Crippen LogP contribution >= 0.6 is 11.3 Å². The van der Waals surface area contributed by atoms with E-state index in [1.807, 2.05) is 24.4 Å². The van der Waals surface area contributed by atoms with E-state index >= 15 is 0 Å². The standard InChI is InChI=1S/C17H19NO3S/c1-4-9-21-14-8-7-13(11-15(14)20-3)17(19)18-12(2)16-6-5-10-22-16/h4-8,10-12H,1,9H2,2-3H3,(H,18,19)/t12-/m0/s1. The van der Waals surface area contributed by atoms with Crippen molar-refractivity contribution in [1.82, 2.24) is 5.32 Å². The Morgan fingerprint density at radius 2 is 2.23 bits per heavy atom. The van der Waals surface area contributed by atoms with Gasteiger partial charge in [0.25, 0.3) is 5.91 Å². The van der Waals surface area contributed by atoms with Gasteiger partial charge in [-0.05, 0) is 36.6 Å². The molecule has 2 aromatic rings. The van der Waals surface area contributed by atoms with E-state index in [9.17, 15) is 4.79 Å². The molecule has 1 atom stereocenters. The van der Waals surface area contributed by atoms with Gasteiger partial charge in [-0.25, -0.2) is 0 Å². The number of carbonyl (C=O) groups is 1. The van der Waals surface area contributed by atoms with Crippen LogP contribution in [0.3, 0.4) is 0 Å². The number of carbonyl (C=O) groups excluding carboxylic acids is 1. The minimum absolute atomic E-state index is 0.0322. The average molecular weight is 317 g/mol. The quantitative estimate of drug-likeness (QED) is 0.790. The molecular formula is C17H19NO3S. The van der Waals surface area contributed by atoms with Gasteiger partial charge in [0.15, 0.2) is 11.5 Å². The Balaban J connectivity index is 2.11. The monoisotopic (exact) mass is 317 g/mol. The maximum absolute atomic E-state index is 12.3. The van der Waals surface area contributed by atoms with E-state index in [0.717, 1.165) is 4.88 Å². The summed E-state index contributed by atoms with van der Waals surface area (Å²) in [6.45, 7) is 5.95. The van der Waals surface area contributed by atoms with E-state index in [1.165, 1.54) is 0 Å². The summed E-state index contributed by atoms with van der Waals surface area (Å²) in [6.07, 6.45) is 1.66. The number of hydrogen-bond donors (Lipinski definition) is 1. The van der Waals surface area contributed by atoms with E-state index in [4.69, 9.17) is 9.47 Å². The molecule has 1 aromatic carbocycles. The lowest BCUT2D eigenvalue weighted by atomic mass is 10.1. The van der Waals surface area contributed by atoms with E-state index in [0.29, 0.717) is 23.7 Å². The molecule has 116 valence electrons. The molecule has 1 amide bonds. The van der Waals surface area contributed by atoms with E-state index in [1.54, 1.807) is 42.7 Å². The van der Waals surface area contributed by atoms with Crippen molar-refractivity contribution in [2.75, 3.05) is 13.7 Å². The SMILES string of the molecule is C=CCOc1ccc(C(=O)N[C@@H](C)c2cccs2)cc1OC. The predicted molar refractivity (Wildman–Crippen MR) is 88.9 cm³/mol. The van der Waals surface area contributed by atoms with Gasteiger partial charge in [0.2, 0.25) is 0 Å². The van der Waals surface area contributed by atoms with Gasteiger partial charge < -0.3 is 14.8 Å². The van der Waals surface area contributed by atoms with E-state index in [-0.39, 0.29) is 11.9 Å². The van der Waals surface area contributed by atoms with Crippen molar-refractivity contribution in [3.63, 3.8) is 0 Å². The second-order valence-electron chi connectivity index (χ2n) is 4.68. The summed E-state index contributed by atoms with van der Waals surface area (Å²) >= 11 is 1.62.